The molecule has 0 aliphatic carbocycles. The molecule has 1 unspecified atom stereocenters. The van der Waals surface area contributed by atoms with Crippen LogP contribution in [0.1, 0.15) is 29.8 Å². The van der Waals surface area contributed by atoms with Gasteiger partial charge in [-0.2, -0.15) is 0 Å². The maximum Gasteiger partial charge on any atom is 0.251 e. The van der Waals surface area contributed by atoms with Crippen molar-refractivity contribution in [2.24, 2.45) is 5.92 Å². The van der Waals surface area contributed by atoms with E-state index >= 15 is 0 Å². The summed E-state index contributed by atoms with van der Waals surface area (Å²) < 4.78 is 0. The van der Waals surface area contributed by atoms with Crippen LogP contribution in [0.3, 0.4) is 0 Å². The zero-order valence-corrected chi connectivity index (χ0v) is 19.9. The van der Waals surface area contributed by atoms with Gasteiger partial charge in [-0.25, -0.2) is 0 Å². The van der Waals surface area contributed by atoms with Crippen LogP contribution in [0, 0.1) is 12.8 Å². The Balaban J connectivity index is 1.43. The number of anilines is 1. The van der Waals surface area contributed by atoms with Crippen molar-refractivity contribution in [1.82, 2.24) is 15.5 Å². The Kier molecular flexibility index (Phi) is 8.53. The van der Waals surface area contributed by atoms with Crippen LogP contribution in [0.2, 0.25) is 5.02 Å². The van der Waals surface area contributed by atoms with Crippen LogP contribution in [0.5, 0.6) is 0 Å². The van der Waals surface area contributed by atoms with E-state index in [-0.39, 0.29) is 17.7 Å². The van der Waals surface area contributed by atoms with Gasteiger partial charge in [0.1, 0.15) is 6.04 Å². The summed E-state index contributed by atoms with van der Waals surface area (Å²) in [7, 11) is 0. The highest BCUT2D eigenvalue weighted by molar-refractivity contribution is 6.30. The third-order valence-corrected chi connectivity index (χ3v) is 6.06. The molecule has 0 spiro atoms. The Hall–Kier alpha value is -2.57. The Morgan fingerprint density at radius 3 is 2.34 bits per heavy atom. The lowest BCUT2D eigenvalue weighted by molar-refractivity contribution is -0.124. The number of carbonyl (C=O) groups is 2. The van der Waals surface area contributed by atoms with E-state index in [4.69, 9.17) is 11.6 Å². The molecule has 1 aliphatic heterocycles. The number of nitrogens with zero attached hydrogens (tertiary/aromatic N) is 2. The molecule has 3 rings (SSSR count). The molecule has 32 heavy (non-hydrogen) atoms. The summed E-state index contributed by atoms with van der Waals surface area (Å²) in [4.78, 5) is 30.0. The molecular formula is C25H33ClN4O2. The van der Waals surface area contributed by atoms with Crippen molar-refractivity contribution < 1.29 is 9.59 Å². The minimum Gasteiger partial charge on any atom is -0.369 e. The van der Waals surface area contributed by atoms with Gasteiger partial charge in [-0.15, -0.1) is 0 Å². The van der Waals surface area contributed by atoms with E-state index in [2.05, 4.69) is 51.6 Å². The Bertz CT molecular complexity index is 908. The summed E-state index contributed by atoms with van der Waals surface area (Å²) in [6.07, 6.45) is 0. The average molecular weight is 457 g/mol. The zero-order valence-electron chi connectivity index (χ0n) is 19.1. The van der Waals surface area contributed by atoms with Gasteiger partial charge < -0.3 is 15.5 Å². The van der Waals surface area contributed by atoms with Crippen molar-refractivity contribution in [3.05, 3.63) is 64.7 Å². The molecule has 1 fully saturated rings. The topological polar surface area (TPSA) is 64.7 Å². The smallest absolute Gasteiger partial charge is 0.251 e. The summed E-state index contributed by atoms with van der Waals surface area (Å²) in [6, 6.07) is 14.7. The largest absolute Gasteiger partial charge is 0.369 e. The molecule has 1 atom stereocenters. The first-order chi connectivity index (χ1) is 15.3. The molecule has 2 N–H and O–H groups in total. The second kappa shape index (κ2) is 11.3. The highest BCUT2D eigenvalue weighted by atomic mass is 35.5. The van der Waals surface area contributed by atoms with Crippen molar-refractivity contribution in [3.63, 3.8) is 0 Å². The lowest BCUT2D eigenvalue weighted by Gasteiger charge is -2.36. The lowest BCUT2D eigenvalue weighted by atomic mass is 10.0. The minimum absolute atomic E-state index is 0.0240. The number of benzene rings is 2. The van der Waals surface area contributed by atoms with E-state index in [0.29, 0.717) is 17.1 Å². The third kappa shape index (κ3) is 6.71. The molecular weight excluding hydrogens is 424 g/mol. The summed E-state index contributed by atoms with van der Waals surface area (Å²) in [5, 5.41) is 6.42. The van der Waals surface area contributed by atoms with Gasteiger partial charge in [0.25, 0.3) is 5.91 Å². The molecule has 2 aromatic rings. The third-order valence-electron chi connectivity index (χ3n) is 5.81. The molecule has 0 radical (unpaired) electrons. The van der Waals surface area contributed by atoms with E-state index < -0.39 is 6.04 Å². The Labute approximate surface area is 195 Å². The van der Waals surface area contributed by atoms with Crippen molar-refractivity contribution in [2.75, 3.05) is 44.2 Å². The fourth-order valence-corrected chi connectivity index (χ4v) is 3.99. The predicted molar refractivity (Wildman–Crippen MR) is 130 cm³/mol. The number of hydrogen-bond donors (Lipinski definition) is 2. The summed E-state index contributed by atoms with van der Waals surface area (Å²) in [5.41, 5.74) is 3.03. The molecule has 0 bridgehead atoms. The maximum atomic E-state index is 12.7. The minimum atomic E-state index is -0.587. The number of aryl methyl sites for hydroxylation is 1. The van der Waals surface area contributed by atoms with Crippen molar-refractivity contribution in [3.8, 4) is 0 Å². The molecule has 2 aromatic carbocycles. The van der Waals surface area contributed by atoms with Crippen molar-refractivity contribution in [1.29, 1.82) is 0 Å². The maximum absolute atomic E-state index is 12.7. The highest BCUT2D eigenvalue weighted by Crippen LogP contribution is 2.17. The monoisotopic (exact) mass is 456 g/mol. The first-order valence-electron chi connectivity index (χ1n) is 11.2. The molecule has 172 valence electrons. The fraction of sp³-hybridized carbons (Fsp3) is 0.440. The van der Waals surface area contributed by atoms with E-state index in [0.717, 1.165) is 32.7 Å². The second-order valence-corrected chi connectivity index (χ2v) is 9.10. The van der Waals surface area contributed by atoms with Gasteiger partial charge >= 0.3 is 0 Å². The normalized spacial score (nSPS) is 15.5. The van der Waals surface area contributed by atoms with Crippen molar-refractivity contribution >= 4 is 29.1 Å². The van der Waals surface area contributed by atoms with Gasteiger partial charge in [0, 0.05) is 55.5 Å². The molecule has 6 nitrogen and oxygen atoms in total. The Morgan fingerprint density at radius 1 is 1.03 bits per heavy atom. The number of rotatable bonds is 8. The molecule has 0 saturated carbocycles. The van der Waals surface area contributed by atoms with Crippen LogP contribution in [-0.4, -0.2) is 62.0 Å². The van der Waals surface area contributed by atoms with Crippen LogP contribution in [0.25, 0.3) is 0 Å². The SMILES string of the molecule is Cc1cccc(N2CCN(CCNC(=O)C(NC(=O)c3ccc(Cl)cc3)C(C)C)CC2)c1. The summed E-state index contributed by atoms with van der Waals surface area (Å²) in [5.74, 6) is -0.451. The van der Waals surface area contributed by atoms with Gasteiger partial charge in [0.15, 0.2) is 0 Å². The fourth-order valence-electron chi connectivity index (χ4n) is 3.86. The standard InChI is InChI=1S/C25H33ClN4O2/c1-18(2)23(28-24(31)20-7-9-21(26)10-8-20)25(32)27-11-12-29-13-15-30(16-14-29)22-6-4-5-19(3)17-22/h4-10,17-18,23H,11-16H2,1-3H3,(H,27,32)(H,28,31). The summed E-state index contributed by atoms with van der Waals surface area (Å²) >= 11 is 5.89. The number of hydrogen-bond acceptors (Lipinski definition) is 4. The van der Waals surface area contributed by atoms with Crippen LogP contribution < -0.4 is 15.5 Å². The van der Waals surface area contributed by atoms with Gasteiger partial charge in [0.05, 0.1) is 0 Å². The highest BCUT2D eigenvalue weighted by Gasteiger charge is 2.25. The number of amides is 2. The second-order valence-electron chi connectivity index (χ2n) is 8.66. The van der Waals surface area contributed by atoms with Gasteiger partial charge in [0.2, 0.25) is 5.91 Å². The zero-order chi connectivity index (χ0) is 23.1. The van der Waals surface area contributed by atoms with Gasteiger partial charge in [-0.05, 0) is 54.8 Å². The van der Waals surface area contributed by atoms with Crippen LogP contribution in [0.4, 0.5) is 5.69 Å². The van der Waals surface area contributed by atoms with Crippen LogP contribution >= 0.6 is 11.6 Å². The van der Waals surface area contributed by atoms with Gasteiger partial charge in [-0.3, -0.25) is 14.5 Å². The molecule has 7 heteroatoms. The lowest BCUT2D eigenvalue weighted by Crippen LogP contribution is -2.52. The molecule has 2 amide bonds. The van der Waals surface area contributed by atoms with E-state index in [1.807, 2.05) is 13.8 Å². The van der Waals surface area contributed by atoms with E-state index in [1.54, 1.807) is 24.3 Å². The van der Waals surface area contributed by atoms with Crippen LogP contribution in [-0.2, 0) is 4.79 Å². The number of piperazine rings is 1. The predicted octanol–water partition coefficient (Wildman–Crippen LogP) is 3.34. The summed E-state index contributed by atoms with van der Waals surface area (Å²) in [6.45, 7) is 11.2. The van der Waals surface area contributed by atoms with Crippen molar-refractivity contribution in [2.45, 2.75) is 26.8 Å². The first-order valence-corrected chi connectivity index (χ1v) is 11.6. The number of halogens is 1. The van der Waals surface area contributed by atoms with Crippen LogP contribution in [0.15, 0.2) is 48.5 Å². The molecule has 1 aliphatic rings. The molecule has 0 aromatic heterocycles. The number of nitrogens with one attached hydrogen (secondary N) is 2. The quantitative estimate of drug-likeness (QED) is 0.639. The Morgan fingerprint density at radius 2 is 1.72 bits per heavy atom. The number of carbonyl (C=O) groups excluding carboxylic acids is 2. The van der Waals surface area contributed by atoms with E-state index in [1.165, 1.54) is 11.3 Å². The average Bonchev–Trinajstić information content (AvgIpc) is 2.78. The molecule has 1 heterocycles. The van der Waals surface area contributed by atoms with Gasteiger partial charge in [-0.1, -0.05) is 37.6 Å². The molecule has 1 saturated heterocycles. The first kappa shape index (κ1) is 24.1. The van der Waals surface area contributed by atoms with E-state index in [9.17, 15) is 9.59 Å².